The molecule has 8 heteroatoms. The second-order valence-corrected chi connectivity index (χ2v) is 10.5. The van der Waals surface area contributed by atoms with Gasteiger partial charge in [0.25, 0.3) is 11.8 Å². The van der Waals surface area contributed by atoms with E-state index in [4.69, 9.17) is 9.47 Å². The third-order valence-electron chi connectivity index (χ3n) is 6.71. The number of amides is 2. The average Bonchev–Trinajstić information content (AvgIpc) is 2.95. The average molecular weight is 530 g/mol. The second kappa shape index (κ2) is 12.0. The summed E-state index contributed by atoms with van der Waals surface area (Å²) in [6, 6.07) is 22.0. The number of methoxy groups -OCH3 is 1. The van der Waals surface area contributed by atoms with Gasteiger partial charge in [-0.3, -0.25) is 9.59 Å². The lowest BCUT2D eigenvalue weighted by atomic mass is 9.87. The van der Waals surface area contributed by atoms with Crippen LogP contribution in [0, 0.1) is 0 Å². The Morgan fingerprint density at radius 2 is 1.51 bits per heavy atom. The third kappa shape index (κ3) is 6.96. The molecule has 0 saturated carbocycles. The van der Waals surface area contributed by atoms with E-state index >= 15 is 0 Å². The van der Waals surface area contributed by atoms with E-state index in [1.54, 1.807) is 18.2 Å². The van der Waals surface area contributed by atoms with E-state index in [9.17, 15) is 14.4 Å². The number of carbonyl (C=O) groups excluding carboxylic acids is 3. The van der Waals surface area contributed by atoms with Crippen LogP contribution >= 0.6 is 0 Å². The molecular formula is C31H35N3O5. The second-order valence-electron chi connectivity index (χ2n) is 10.5. The molecule has 0 aliphatic carbocycles. The minimum atomic E-state index is -0.495. The summed E-state index contributed by atoms with van der Waals surface area (Å²) in [5.41, 5.74) is 3.43. The van der Waals surface area contributed by atoms with E-state index in [0.29, 0.717) is 48.7 Å². The van der Waals surface area contributed by atoms with Gasteiger partial charge in [0.1, 0.15) is 5.75 Å². The summed E-state index contributed by atoms with van der Waals surface area (Å²) in [6.45, 7) is 8.45. The molecule has 3 aromatic rings. The van der Waals surface area contributed by atoms with Crippen molar-refractivity contribution in [3.63, 3.8) is 0 Å². The smallest absolute Gasteiger partial charge is 0.337 e. The molecule has 0 unspecified atom stereocenters. The van der Waals surface area contributed by atoms with Gasteiger partial charge in [-0.15, -0.1) is 0 Å². The first-order valence-corrected chi connectivity index (χ1v) is 13.0. The molecule has 0 spiro atoms. The molecule has 1 N–H and O–H groups in total. The van der Waals surface area contributed by atoms with Crippen molar-refractivity contribution in [3.8, 4) is 5.75 Å². The molecule has 1 saturated heterocycles. The molecule has 2 amide bonds. The summed E-state index contributed by atoms with van der Waals surface area (Å²) < 4.78 is 10.6. The molecular weight excluding hydrogens is 494 g/mol. The monoisotopic (exact) mass is 529 g/mol. The highest BCUT2D eigenvalue weighted by Gasteiger charge is 2.25. The Morgan fingerprint density at radius 1 is 0.846 bits per heavy atom. The van der Waals surface area contributed by atoms with Gasteiger partial charge < -0.3 is 24.6 Å². The highest BCUT2D eigenvalue weighted by atomic mass is 16.5. The van der Waals surface area contributed by atoms with Crippen LogP contribution in [0.25, 0.3) is 0 Å². The lowest BCUT2D eigenvalue weighted by molar-refractivity contribution is -0.118. The summed E-state index contributed by atoms with van der Waals surface area (Å²) in [6.07, 6.45) is 0. The lowest BCUT2D eigenvalue weighted by Gasteiger charge is -2.37. The van der Waals surface area contributed by atoms with Gasteiger partial charge >= 0.3 is 5.97 Å². The number of hydrogen-bond donors (Lipinski definition) is 1. The summed E-state index contributed by atoms with van der Waals surface area (Å²) in [4.78, 5) is 41.8. The number of carbonyl (C=O) groups is 3. The molecule has 1 aliphatic rings. The van der Waals surface area contributed by atoms with Crippen molar-refractivity contribution < 1.29 is 23.9 Å². The van der Waals surface area contributed by atoms with Crippen LogP contribution in [0.5, 0.6) is 5.75 Å². The van der Waals surface area contributed by atoms with Crippen LogP contribution in [-0.2, 0) is 14.9 Å². The zero-order valence-electron chi connectivity index (χ0n) is 22.9. The Kier molecular flexibility index (Phi) is 8.54. The number of ether oxygens (including phenoxy) is 2. The molecule has 1 fully saturated rings. The van der Waals surface area contributed by atoms with E-state index in [2.05, 4.69) is 31.0 Å². The van der Waals surface area contributed by atoms with Gasteiger partial charge in [0.2, 0.25) is 0 Å². The van der Waals surface area contributed by atoms with Crippen LogP contribution in [0.15, 0.2) is 72.8 Å². The minimum Gasteiger partial charge on any atom is -0.484 e. The SMILES string of the molecule is COC(=O)c1ccc(N2CCN(C(=O)c3ccccc3)CC2)c(NC(=O)COc2ccc(C(C)(C)C)cc2)c1. The Balaban J connectivity index is 1.44. The maximum atomic E-state index is 12.9. The first-order valence-electron chi connectivity index (χ1n) is 13.0. The molecule has 0 bridgehead atoms. The quantitative estimate of drug-likeness (QED) is 0.445. The number of piperazine rings is 1. The van der Waals surface area contributed by atoms with Crippen LogP contribution in [0.1, 0.15) is 47.1 Å². The summed E-state index contributed by atoms with van der Waals surface area (Å²) in [5.74, 6) is -0.250. The van der Waals surface area contributed by atoms with E-state index in [-0.39, 0.29) is 23.8 Å². The van der Waals surface area contributed by atoms with Crippen molar-refractivity contribution >= 4 is 29.2 Å². The number of nitrogens with one attached hydrogen (secondary N) is 1. The lowest BCUT2D eigenvalue weighted by Crippen LogP contribution is -2.49. The van der Waals surface area contributed by atoms with Crippen molar-refractivity contribution in [1.29, 1.82) is 0 Å². The number of hydrogen-bond acceptors (Lipinski definition) is 6. The zero-order valence-corrected chi connectivity index (χ0v) is 22.9. The number of benzene rings is 3. The number of anilines is 2. The predicted octanol–water partition coefficient (Wildman–Crippen LogP) is 4.75. The molecule has 8 nitrogen and oxygen atoms in total. The first-order chi connectivity index (χ1) is 18.7. The number of nitrogens with zero attached hydrogens (tertiary/aromatic N) is 2. The molecule has 39 heavy (non-hydrogen) atoms. The molecule has 1 aliphatic heterocycles. The number of rotatable bonds is 7. The molecule has 1 heterocycles. The maximum absolute atomic E-state index is 12.9. The molecule has 0 atom stereocenters. The zero-order chi connectivity index (χ0) is 28.0. The molecule has 4 rings (SSSR count). The van der Waals surface area contributed by atoms with Crippen LogP contribution < -0.4 is 15.0 Å². The van der Waals surface area contributed by atoms with Crippen LogP contribution in [0.4, 0.5) is 11.4 Å². The Labute approximate surface area is 229 Å². The van der Waals surface area contributed by atoms with Crippen molar-refractivity contribution in [2.45, 2.75) is 26.2 Å². The Hall–Kier alpha value is -4.33. The van der Waals surface area contributed by atoms with Crippen LogP contribution in [-0.4, -0.2) is 62.6 Å². The Morgan fingerprint density at radius 3 is 2.13 bits per heavy atom. The standard InChI is InChI=1S/C31H35N3O5/c1-31(2,3)24-11-13-25(14-12-24)39-21-28(35)32-26-20-23(30(37)38-4)10-15-27(26)33-16-18-34(19-17-33)29(36)22-8-6-5-7-9-22/h5-15,20H,16-19,21H2,1-4H3,(H,32,35). The van der Waals surface area contributed by atoms with Crippen LogP contribution in [0.3, 0.4) is 0 Å². The van der Waals surface area contributed by atoms with Gasteiger partial charge in [-0.05, 0) is 53.4 Å². The van der Waals surface area contributed by atoms with Gasteiger partial charge in [0, 0.05) is 31.7 Å². The number of esters is 1. The maximum Gasteiger partial charge on any atom is 0.337 e. The topological polar surface area (TPSA) is 88.2 Å². The van der Waals surface area contributed by atoms with E-state index in [1.807, 2.05) is 59.5 Å². The van der Waals surface area contributed by atoms with E-state index in [0.717, 1.165) is 5.69 Å². The van der Waals surface area contributed by atoms with Crippen molar-refractivity contribution in [2.24, 2.45) is 0 Å². The normalized spacial score (nSPS) is 13.5. The van der Waals surface area contributed by atoms with Gasteiger partial charge in [0.15, 0.2) is 6.61 Å². The fourth-order valence-corrected chi connectivity index (χ4v) is 4.46. The van der Waals surface area contributed by atoms with E-state index in [1.165, 1.54) is 12.7 Å². The van der Waals surface area contributed by atoms with Crippen LogP contribution in [0.2, 0.25) is 0 Å². The molecule has 3 aromatic carbocycles. The summed E-state index contributed by atoms with van der Waals surface area (Å²) in [5, 5.41) is 2.90. The van der Waals surface area contributed by atoms with Gasteiger partial charge in [0.05, 0.1) is 24.0 Å². The third-order valence-corrected chi connectivity index (χ3v) is 6.71. The minimum absolute atomic E-state index is 0.00232. The molecule has 0 aromatic heterocycles. The molecule has 204 valence electrons. The van der Waals surface area contributed by atoms with E-state index < -0.39 is 5.97 Å². The van der Waals surface area contributed by atoms with Gasteiger partial charge in [-0.25, -0.2) is 4.79 Å². The van der Waals surface area contributed by atoms with Crippen molar-refractivity contribution in [1.82, 2.24) is 4.90 Å². The highest BCUT2D eigenvalue weighted by molar-refractivity contribution is 5.99. The van der Waals surface area contributed by atoms with Crippen molar-refractivity contribution in [3.05, 3.63) is 89.5 Å². The summed E-state index contributed by atoms with van der Waals surface area (Å²) >= 11 is 0. The fourth-order valence-electron chi connectivity index (χ4n) is 4.46. The summed E-state index contributed by atoms with van der Waals surface area (Å²) in [7, 11) is 1.32. The Bertz CT molecular complexity index is 1310. The largest absolute Gasteiger partial charge is 0.484 e. The first kappa shape index (κ1) is 27.7. The fraction of sp³-hybridized carbons (Fsp3) is 0.323. The van der Waals surface area contributed by atoms with Gasteiger partial charge in [-0.2, -0.15) is 0 Å². The predicted molar refractivity (Wildman–Crippen MR) is 152 cm³/mol. The molecule has 0 radical (unpaired) electrons. The van der Waals surface area contributed by atoms with Crippen molar-refractivity contribution in [2.75, 3.05) is 50.1 Å². The van der Waals surface area contributed by atoms with Gasteiger partial charge in [-0.1, -0.05) is 51.1 Å². The highest BCUT2D eigenvalue weighted by Crippen LogP contribution is 2.29.